The van der Waals surface area contributed by atoms with Gasteiger partial charge in [-0.2, -0.15) is 0 Å². The van der Waals surface area contributed by atoms with Gasteiger partial charge in [-0.3, -0.25) is 0 Å². The van der Waals surface area contributed by atoms with E-state index in [1.54, 1.807) is 31.2 Å². The summed E-state index contributed by atoms with van der Waals surface area (Å²) in [7, 11) is -2.08. The Morgan fingerprint density at radius 2 is 2.14 bits per heavy atom. The molecule has 1 aromatic carbocycles. The zero-order valence-corrected chi connectivity index (χ0v) is 15.3. The molecule has 0 atom stereocenters. The van der Waals surface area contributed by atoms with Gasteiger partial charge in [0.2, 0.25) is 10.0 Å². The van der Waals surface area contributed by atoms with E-state index in [0.717, 1.165) is 8.66 Å². The number of ether oxygens (including phenoxy) is 1. The monoisotopic (exact) mass is 409 g/mol. The number of benzene rings is 1. The topological polar surface area (TPSA) is 55.4 Å². The minimum absolute atomic E-state index is 0.0675. The van der Waals surface area contributed by atoms with Crippen molar-refractivity contribution in [1.82, 2.24) is 4.72 Å². The molecule has 0 aliphatic rings. The van der Waals surface area contributed by atoms with Gasteiger partial charge >= 0.3 is 0 Å². The summed E-state index contributed by atoms with van der Waals surface area (Å²) in [5.74, 6) is 0.549. The maximum atomic E-state index is 12.3. The minimum atomic E-state index is -3.59. The Morgan fingerprint density at radius 3 is 2.71 bits per heavy atom. The van der Waals surface area contributed by atoms with Gasteiger partial charge in [0.1, 0.15) is 5.75 Å². The molecule has 21 heavy (non-hydrogen) atoms. The van der Waals surface area contributed by atoms with E-state index in [1.807, 2.05) is 0 Å². The first-order valence-electron chi connectivity index (χ1n) is 5.92. The van der Waals surface area contributed by atoms with Crippen LogP contribution in [0.2, 0.25) is 5.02 Å². The van der Waals surface area contributed by atoms with E-state index >= 15 is 0 Å². The molecule has 1 aromatic heterocycles. The van der Waals surface area contributed by atoms with Gasteiger partial charge in [0.15, 0.2) is 0 Å². The van der Waals surface area contributed by atoms with Crippen molar-refractivity contribution in [3.8, 4) is 5.75 Å². The van der Waals surface area contributed by atoms with Crippen LogP contribution in [0.1, 0.15) is 10.4 Å². The Labute approximate surface area is 141 Å². The molecule has 4 nitrogen and oxygen atoms in total. The number of rotatable bonds is 5. The molecule has 1 heterocycles. The molecule has 0 saturated heterocycles. The molecule has 2 aromatic rings. The summed E-state index contributed by atoms with van der Waals surface area (Å²) < 4.78 is 33.2. The van der Waals surface area contributed by atoms with Crippen LogP contribution in [0.5, 0.6) is 5.75 Å². The maximum absolute atomic E-state index is 12.3. The first-order valence-corrected chi connectivity index (χ1v) is 9.39. The molecule has 0 unspecified atom stereocenters. The van der Waals surface area contributed by atoms with E-state index in [0.29, 0.717) is 16.3 Å². The quantitative estimate of drug-likeness (QED) is 0.812. The molecule has 0 fully saturated rings. The van der Waals surface area contributed by atoms with Crippen molar-refractivity contribution in [2.24, 2.45) is 0 Å². The van der Waals surface area contributed by atoms with Gasteiger partial charge in [0, 0.05) is 22.0 Å². The Bertz CT molecular complexity index is 759. The van der Waals surface area contributed by atoms with Crippen LogP contribution in [-0.4, -0.2) is 15.5 Å². The number of halogens is 2. The summed E-state index contributed by atoms with van der Waals surface area (Å²) in [5.41, 5.74) is 0.609. The number of sulfonamides is 1. The van der Waals surface area contributed by atoms with E-state index in [4.69, 9.17) is 16.3 Å². The van der Waals surface area contributed by atoms with Crippen molar-refractivity contribution in [2.45, 2.75) is 18.4 Å². The van der Waals surface area contributed by atoms with Gasteiger partial charge in [0.05, 0.1) is 15.8 Å². The van der Waals surface area contributed by atoms with E-state index in [-0.39, 0.29) is 11.4 Å². The SMILES string of the molecule is COc1cccc(Cl)c1CNS(=O)(=O)c1cc(Br)sc1C. The van der Waals surface area contributed by atoms with Crippen LogP contribution in [0.3, 0.4) is 0 Å². The van der Waals surface area contributed by atoms with E-state index in [9.17, 15) is 8.42 Å². The average Bonchev–Trinajstić information content (AvgIpc) is 2.77. The van der Waals surface area contributed by atoms with Gasteiger partial charge in [-0.1, -0.05) is 17.7 Å². The van der Waals surface area contributed by atoms with Crippen molar-refractivity contribution in [3.63, 3.8) is 0 Å². The van der Waals surface area contributed by atoms with Crippen molar-refractivity contribution in [2.75, 3.05) is 7.11 Å². The summed E-state index contributed by atoms with van der Waals surface area (Å²) in [4.78, 5) is 0.992. The van der Waals surface area contributed by atoms with Crippen LogP contribution in [0, 0.1) is 6.92 Å². The lowest BCUT2D eigenvalue weighted by molar-refractivity contribution is 0.409. The number of nitrogens with one attached hydrogen (secondary N) is 1. The highest BCUT2D eigenvalue weighted by Crippen LogP contribution is 2.30. The van der Waals surface area contributed by atoms with E-state index in [1.165, 1.54) is 18.4 Å². The van der Waals surface area contributed by atoms with Gasteiger partial charge < -0.3 is 4.74 Å². The smallest absolute Gasteiger partial charge is 0.242 e. The highest BCUT2D eigenvalue weighted by molar-refractivity contribution is 9.11. The Hall–Kier alpha value is -0.600. The highest BCUT2D eigenvalue weighted by atomic mass is 79.9. The number of hydrogen-bond acceptors (Lipinski definition) is 4. The van der Waals surface area contributed by atoms with Crippen LogP contribution < -0.4 is 9.46 Å². The maximum Gasteiger partial charge on any atom is 0.242 e. The van der Waals surface area contributed by atoms with Gasteiger partial charge in [-0.15, -0.1) is 11.3 Å². The van der Waals surface area contributed by atoms with Crippen molar-refractivity contribution in [3.05, 3.63) is 43.5 Å². The van der Waals surface area contributed by atoms with E-state index < -0.39 is 10.0 Å². The fraction of sp³-hybridized carbons (Fsp3) is 0.231. The first kappa shape index (κ1) is 16.8. The molecule has 0 spiro atoms. The summed E-state index contributed by atoms with van der Waals surface area (Å²) in [6, 6.07) is 6.77. The summed E-state index contributed by atoms with van der Waals surface area (Å²) in [6.45, 7) is 1.83. The molecule has 0 aliphatic carbocycles. The van der Waals surface area contributed by atoms with Gasteiger partial charge in [-0.25, -0.2) is 13.1 Å². The molecule has 2 rings (SSSR count). The number of methoxy groups -OCH3 is 1. The van der Waals surface area contributed by atoms with Crippen molar-refractivity contribution < 1.29 is 13.2 Å². The van der Waals surface area contributed by atoms with Crippen molar-refractivity contribution >= 4 is 48.9 Å². The summed E-state index contributed by atoms with van der Waals surface area (Å²) in [6.07, 6.45) is 0. The molecular weight excluding hydrogens is 398 g/mol. The standard InChI is InChI=1S/C13H13BrClNO3S2/c1-8-12(6-13(14)20-8)21(17,18)16-7-9-10(15)4-3-5-11(9)19-2/h3-6,16H,7H2,1-2H3. The zero-order chi connectivity index (χ0) is 15.6. The third-order valence-corrected chi connectivity index (χ3v) is 6.43. The number of thiophene rings is 1. The molecule has 0 bridgehead atoms. The lowest BCUT2D eigenvalue weighted by Crippen LogP contribution is -2.23. The molecule has 0 radical (unpaired) electrons. The Balaban J connectivity index is 2.26. The predicted molar refractivity (Wildman–Crippen MR) is 88.8 cm³/mol. The van der Waals surface area contributed by atoms with Gasteiger partial charge in [-0.05, 0) is 41.1 Å². The molecule has 8 heteroatoms. The summed E-state index contributed by atoms with van der Waals surface area (Å²) in [5, 5.41) is 0.459. The number of aryl methyl sites for hydroxylation is 1. The van der Waals surface area contributed by atoms with Crippen LogP contribution in [0.25, 0.3) is 0 Å². The van der Waals surface area contributed by atoms with Crippen LogP contribution >= 0.6 is 38.9 Å². The lowest BCUT2D eigenvalue weighted by atomic mass is 10.2. The lowest BCUT2D eigenvalue weighted by Gasteiger charge is -2.11. The zero-order valence-electron chi connectivity index (χ0n) is 11.3. The molecule has 0 aliphatic heterocycles. The molecular formula is C13H13BrClNO3S2. The third kappa shape index (κ3) is 3.78. The average molecular weight is 411 g/mol. The third-order valence-electron chi connectivity index (χ3n) is 2.87. The fourth-order valence-electron chi connectivity index (χ4n) is 1.84. The van der Waals surface area contributed by atoms with E-state index in [2.05, 4.69) is 20.7 Å². The van der Waals surface area contributed by atoms with Crippen LogP contribution in [0.4, 0.5) is 0 Å². The van der Waals surface area contributed by atoms with Gasteiger partial charge in [0.25, 0.3) is 0 Å². The summed E-state index contributed by atoms with van der Waals surface area (Å²) >= 11 is 10.8. The van der Waals surface area contributed by atoms with Crippen molar-refractivity contribution in [1.29, 1.82) is 0 Å². The Kier molecular flexibility index (Phi) is 5.32. The van der Waals surface area contributed by atoms with Crippen LogP contribution in [-0.2, 0) is 16.6 Å². The largest absolute Gasteiger partial charge is 0.496 e. The minimum Gasteiger partial charge on any atom is -0.496 e. The first-order chi connectivity index (χ1) is 9.85. The highest BCUT2D eigenvalue weighted by Gasteiger charge is 2.20. The second-order valence-corrected chi connectivity index (χ2v) is 8.99. The molecule has 0 saturated carbocycles. The molecule has 1 N–H and O–H groups in total. The normalized spacial score (nSPS) is 11.6. The predicted octanol–water partition coefficient (Wildman–Crippen LogP) is 3.96. The Morgan fingerprint density at radius 1 is 1.43 bits per heavy atom. The molecule has 0 amide bonds. The number of hydrogen-bond donors (Lipinski definition) is 1. The van der Waals surface area contributed by atoms with Crippen LogP contribution in [0.15, 0.2) is 32.9 Å². The second-order valence-electron chi connectivity index (χ2n) is 4.22. The molecule has 114 valence electrons. The second kappa shape index (κ2) is 6.66. The fourth-order valence-corrected chi connectivity index (χ4v) is 5.48.